The first-order valence-corrected chi connectivity index (χ1v) is 12.6. The minimum atomic E-state index is -3.46. The smallest absolute Gasteiger partial charge is 0.255 e. The number of rotatable bonds is 6. The molecule has 0 bridgehead atoms. The van der Waals surface area contributed by atoms with Crippen LogP contribution in [0.2, 0.25) is 0 Å². The number of anilines is 1. The second kappa shape index (κ2) is 9.95. The summed E-state index contributed by atoms with van der Waals surface area (Å²) in [6, 6.07) is 23.5. The highest BCUT2D eigenvalue weighted by atomic mass is 79.9. The van der Waals surface area contributed by atoms with E-state index in [-0.39, 0.29) is 5.91 Å². The third-order valence-electron chi connectivity index (χ3n) is 5.41. The molecule has 0 aromatic heterocycles. The number of carbonyl (C=O) groups is 1. The predicted molar refractivity (Wildman–Crippen MR) is 129 cm³/mol. The van der Waals surface area contributed by atoms with Gasteiger partial charge in [-0.25, -0.2) is 8.42 Å². The summed E-state index contributed by atoms with van der Waals surface area (Å²) in [5, 5.41) is 2.91. The molecule has 166 valence electrons. The molecule has 0 radical (unpaired) electrons. The number of carbonyl (C=O) groups excluding carboxylic acids is 1. The van der Waals surface area contributed by atoms with E-state index < -0.39 is 10.0 Å². The van der Waals surface area contributed by atoms with Crippen molar-refractivity contribution >= 4 is 37.5 Å². The zero-order chi connectivity index (χ0) is 22.6. The van der Waals surface area contributed by atoms with Gasteiger partial charge in [0.05, 0.1) is 4.90 Å². The fourth-order valence-electron chi connectivity index (χ4n) is 3.68. The Morgan fingerprint density at radius 2 is 1.56 bits per heavy atom. The SMILES string of the molecule is O=C(Nc1ccc(Br)cc1)c1cccc(CN2CCN(S(=O)(=O)c3ccccc3)CC2)c1. The second-order valence-electron chi connectivity index (χ2n) is 7.65. The van der Waals surface area contributed by atoms with Gasteiger partial charge in [-0.05, 0) is 54.1 Å². The molecule has 8 heteroatoms. The van der Waals surface area contributed by atoms with E-state index in [1.54, 1.807) is 34.6 Å². The Hall–Kier alpha value is -2.52. The van der Waals surface area contributed by atoms with Crippen molar-refractivity contribution in [2.24, 2.45) is 0 Å². The molecule has 1 N–H and O–H groups in total. The summed E-state index contributed by atoms with van der Waals surface area (Å²) in [7, 11) is -3.46. The Morgan fingerprint density at radius 3 is 2.25 bits per heavy atom. The first kappa shape index (κ1) is 22.7. The molecule has 0 atom stereocenters. The molecule has 4 rings (SSSR count). The highest BCUT2D eigenvalue weighted by Gasteiger charge is 2.28. The third-order valence-corrected chi connectivity index (χ3v) is 7.85. The van der Waals surface area contributed by atoms with Crippen LogP contribution in [0.1, 0.15) is 15.9 Å². The molecule has 32 heavy (non-hydrogen) atoms. The van der Waals surface area contributed by atoms with Gasteiger partial charge >= 0.3 is 0 Å². The summed E-state index contributed by atoms with van der Waals surface area (Å²) in [6.07, 6.45) is 0. The van der Waals surface area contributed by atoms with E-state index in [1.807, 2.05) is 48.5 Å². The largest absolute Gasteiger partial charge is 0.322 e. The first-order chi connectivity index (χ1) is 15.4. The molecule has 1 aliphatic heterocycles. The Kier molecular flexibility index (Phi) is 7.05. The van der Waals surface area contributed by atoms with Crippen LogP contribution in [0.15, 0.2) is 88.2 Å². The van der Waals surface area contributed by atoms with Crippen LogP contribution in [-0.4, -0.2) is 49.7 Å². The van der Waals surface area contributed by atoms with E-state index in [2.05, 4.69) is 26.1 Å². The topological polar surface area (TPSA) is 69.7 Å². The number of benzene rings is 3. The number of hydrogen-bond donors (Lipinski definition) is 1. The number of halogens is 1. The minimum absolute atomic E-state index is 0.159. The lowest BCUT2D eigenvalue weighted by Crippen LogP contribution is -2.48. The van der Waals surface area contributed by atoms with Gasteiger partial charge in [0.2, 0.25) is 10.0 Å². The molecule has 0 spiro atoms. The Labute approximate surface area is 197 Å². The van der Waals surface area contributed by atoms with E-state index >= 15 is 0 Å². The molecule has 6 nitrogen and oxygen atoms in total. The van der Waals surface area contributed by atoms with Crippen LogP contribution in [-0.2, 0) is 16.6 Å². The number of nitrogens with one attached hydrogen (secondary N) is 1. The molecule has 3 aromatic carbocycles. The number of amides is 1. The Bertz CT molecular complexity index is 1180. The summed E-state index contributed by atoms with van der Waals surface area (Å²) in [6.45, 7) is 2.84. The van der Waals surface area contributed by atoms with Crippen molar-refractivity contribution in [3.8, 4) is 0 Å². The van der Waals surface area contributed by atoms with E-state index in [9.17, 15) is 13.2 Å². The van der Waals surface area contributed by atoms with Gasteiger partial charge in [0, 0.05) is 48.4 Å². The Balaban J connectivity index is 1.35. The summed E-state index contributed by atoms with van der Waals surface area (Å²) in [5.74, 6) is -0.159. The lowest BCUT2D eigenvalue weighted by Gasteiger charge is -2.34. The second-order valence-corrected chi connectivity index (χ2v) is 10.5. The van der Waals surface area contributed by atoms with Crippen molar-refractivity contribution in [1.82, 2.24) is 9.21 Å². The van der Waals surface area contributed by atoms with Gasteiger partial charge in [-0.2, -0.15) is 4.31 Å². The maximum absolute atomic E-state index is 12.8. The Morgan fingerprint density at radius 1 is 0.875 bits per heavy atom. The normalized spacial score (nSPS) is 15.4. The van der Waals surface area contributed by atoms with Gasteiger partial charge in [0.25, 0.3) is 5.91 Å². The van der Waals surface area contributed by atoms with Crippen molar-refractivity contribution in [2.75, 3.05) is 31.5 Å². The average molecular weight is 514 g/mol. The van der Waals surface area contributed by atoms with Gasteiger partial charge in [-0.1, -0.05) is 46.3 Å². The molecular weight excluding hydrogens is 490 g/mol. The molecule has 0 saturated carbocycles. The number of sulfonamides is 1. The number of hydrogen-bond acceptors (Lipinski definition) is 4. The average Bonchev–Trinajstić information content (AvgIpc) is 2.82. The van der Waals surface area contributed by atoms with Gasteiger partial charge in [0.1, 0.15) is 0 Å². The molecule has 1 saturated heterocycles. The van der Waals surface area contributed by atoms with Crippen molar-refractivity contribution in [3.63, 3.8) is 0 Å². The zero-order valence-electron chi connectivity index (χ0n) is 17.4. The van der Waals surface area contributed by atoms with Crippen molar-refractivity contribution in [1.29, 1.82) is 0 Å². The fourth-order valence-corrected chi connectivity index (χ4v) is 5.38. The van der Waals surface area contributed by atoms with Crippen LogP contribution in [0.5, 0.6) is 0 Å². The van der Waals surface area contributed by atoms with Crippen molar-refractivity contribution < 1.29 is 13.2 Å². The highest BCUT2D eigenvalue weighted by Crippen LogP contribution is 2.19. The van der Waals surface area contributed by atoms with Gasteiger partial charge in [-0.3, -0.25) is 9.69 Å². The maximum Gasteiger partial charge on any atom is 0.255 e. The van der Waals surface area contributed by atoms with E-state index in [0.717, 1.165) is 15.7 Å². The molecule has 1 amide bonds. The third kappa shape index (κ3) is 5.45. The molecule has 1 heterocycles. The molecular formula is C24H24BrN3O3S. The predicted octanol–water partition coefficient (Wildman–Crippen LogP) is 4.21. The van der Waals surface area contributed by atoms with Crippen LogP contribution in [0.3, 0.4) is 0 Å². The standard InChI is InChI=1S/C24H24BrN3O3S/c25-21-9-11-22(12-10-21)26-24(29)20-6-4-5-19(17-20)18-27-13-15-28(16-14-27)32(30,31)23-7-2-1-3-8-23/h1-12,17H,13-16,18H2,(H,26,29). The van der Waals surface area contributed by atoms with Gasteiger partial charge < -0.3 is 5.32 Å². The van der Waals surface area contributed by atoms with Crippen LogP contribution in [0, 0.1) is 0 Å². The quantitative estimate of drug-likeness (QED) is 0.535. The fraction of sp³-hybridized carbons (Fsp3) is 0.208. The minimum Gasteiger partial charge on any atom is -0.322 e. The van der Waals surface area contributed by atoms with Crippen molar-refractivity contribution in [3.05, 3.63) is 94.5 Å². The van der Waals surface area contributed by atoms with Gasteiger partial charge in [-0.15, -0.1) is 0 Å². The summed E-state index contributed by atoms with van der Waals surface area (Å²) in [5.41, 5.74) is 2.35. The summed E-state index contributed by atoms with van der Waals surface area (Å²) in [4.78, 5) is 15.2. The maximum atomic E-state index is 12.8. The van der Waals surface area contributed by atoms with Crippen LogP contribution < -0.4 is 5.32 Å². The van der Waals surface area contributed by atoms with E-state index in [1.165, 1.54) is 0 Å². The molecule has 1 fully saturated rings. The first-order valence-electron chi connectivity index (χ1n) is 10.4. The molecule has 0 aliphatic carbocycles. The lowest BCUT2D eigenvalue weighted by atomic mass is 10.1. The molecule has 3 aromatic rings. The number of nitrogens with zero attached hydrogens (tertiary/aromatic N) is 2. The monoisotopic (exact) mass is 513 g/mol. The lowest BCUT2D eigenvalue weighted by molar-refractivity contribution is 0.102. The summed E-state index contributed by atoms with van der Waals surface area (Å²) < 4.78 is 28.1. The van der Waals surface area contributed by atoms with E-state index in [0.29, 0.717) is 43.2 Å². The van der Waals surface area contributed by atoms with Crippen LogP contribution in [0.4, 0.5) is 5.69 Å². The van der Waals surface area contributed by atoms with Crippen LogP contribution >= 0.6 is 15.9 Å². The zero-order valence-corrected chi connectivity index (χ0v) is 19.8. The van der Waals surface area contributed by atoms with E-state index in [4.69, 9.17) is 0 Å². The van der Waals surface area contributed by atoms with Crippen molar-refractivity contribution in [2.45, 2.75) is 11.4 Å². The highest BCUT2D eigenvalue weighted by molar-refractivity contribution is 9.10. The van der Waals surface area contributed by atoms with Gasteiger partial charge in [0.15, 0.2) is 0 Å². The summed E-state index contributed by atoms with van der Waals surface area (Å²) >= 11 is 3.39. The van der Waals surface area contributed by atoms with Crippen LogP contribution in [0.25, 0.3) is 0 Å². The molecule has 0 unspecified atom stereocenters. The number of piperazine rings is 1. The molecule has 1 aliphatic rings.